The van der Waals surface area contributed by atoms with Crippen LogP contribution in [0.1, 0.15) is 44.9 Å². The minimum absolute atomic E-state index is 0.00500. The predicted molar refractivity (Wildman–Crippen MR) is 119 cm³/mol. The minimum atomic E-state index is -0.108. The second-order valence-corrected chi connectivity index (χ2v) is 10.2. The molecule has 5 fully saturated rings. The molecule has 5 aliphatic rings. The number of carbonyl (C=O) groups excluding carboxylic acids is 2. The quantitative estimate of drug-likeness (QED) is 0.676. The van der Waals surface area contributed by atoms with Crippen LogP contribution in [-0.2, 0) is 4.79 Å². The number of amides is 3. The summed E-state index contributed by atoms with van der Waals surface area (Å²) in [4.78, 5) is 29.2. The van der Waals surface area contributed by atoms with E-state index in [0.717, 1.165) is 55.8 Å². The number of nitrogens with zero attached hydrogens (tertiary/aromatic N) is 2. The van der Waals surface area contributed by atoms with Crippen LogP contribution in [0.25, 0.3) is 0 Å². The lowest BCUT2D eigenvalue weighted by molar-refractivity contribution is -0.131. The van der Waals surface area contributed by atoms with Crippen molar-refractivity contribution >= 4 is 17.6 Å². The maximum Gasteiger partial charge on any atom is 0.315 e. The Kier molecular flexibility index (Phi) is 5.44. The van der Waals surface area contributed by atoms with Gasteiger partial charge in [0.15, 0.2) is 0 Å². The van der Waals surface area contributed by atoms with Gasteiger partial charge in [-0.15, -0.1) is 0 Å². The summed E-state index contributed by atoms with van der Waals surface area (Å²) in [7, 11) is 0. The number of hydrogen-bond acceptors (Lipinski definition) is 4. The van der Waals surface area contributed by atoms with Crippen LogP contribution >= 0.6 is 0 Å². The van der Waals surface area contributed by atoms with Gasteiger partial charge in [-0.2, -0.15) is 0 Å². The standard InChI is InChI=1S/C24H34N4O3/c29-21-3-1-2-20(13-21)27-6-8-28(9-7-27)22(30)4-5-25-23(31)26-24-14-17-10-18(15-24)12-19(11-17)16-24/h1-3,13,17-19,29H,4-12,14-16H2,(H2,25,26,31). The zero-order valence-electron chi connectivity index (χ0n) is 18.2. The number of benzene rings is 1. The lowest BCUT2D eigenvalue weighted by Crippen LogP contribution is -2.61. The van der Waals surface area contributed by atoms with Crippen LogP contribution in [0.2, 0.25) is 0 Å². The van der Waals surface area contributed by atoms with Crippen LogP contribution in [0.3, 0.4) is 0 Å². The van der Waals surface area contributed by atoms with Crippen LogP contribution in [0.5, 0.6) is 5.75 Å². The third kappa shape index (κ3) is 4.46. The van der Waals surface area contributed by atoms with E-state index in [1.54, 1.807) is 12.1 Å². The van der Waals surface area contributed by atoms with Crippen molar-refractivity contribution in [2.75, 3.05) is 37.6 Å². The van der Waals surface area contributed by atoms with E-state index >= 15 is 0 Å². The third-order valence-electron chi connectivity index (χ3n) is 7.87. The van der Waals surface area contributed by atoms with Crippen molar-refractivity contribution in [2.24, 2.45) is 17.8 Å². The van der Waals surface area contributed by atoms with Gasteiger partial charge in [-0.3, -0.25) is 4.79 Å². The van der Waals surface area contributed by atoms with Crippen molar-refractivity contribution in [3.05, 3.63) is 24.3 Å². The lowest BCUT2D eigenvalue weighted by atomic mass is 9.53. The molecule has 0 atom stereocenters. The summed E-state index contributed by atoms with van der Waals surface area (Å²) in [6.45, 7) is 3.19. The Morgan fingerprint density at radius 2 is 1.65 bits per heavy atom. The highest BCUT2D eigenvalue weighted by Crippen LogP contribution is 2.55. The molecule has 1 heterocycles. The van der Waals surface area contributed by atoms with Crippen LogP contribution in [0.4, 0.5) is 10.5 Å². The molecule has 3 amide bonds. The van der Waals surface area contributed by atoms with Gasteiger partial charge in [0.2, 0.25) is 5.91 Å². The molecular weight excluding hydrogens is 392 g/mol. The number of nitrogens with one attached hydrogen (secondary N) is 2. The highest BCUT2D eigenvalue weighted by Gasteiger charge is 2.51. The highest BCUT2D eigenvalue weighted by molar-refractivity contribution is 5.79. The zero-order chi connectivity index (χ0) is 21.4. The Labute approximate surface area is 184 Å². The third-order valence-corrected chi connectivity index (χ3v) is 7.87. The first-order valence-electron chi connectivity index (χ1n) is 11.9. The zero-order valence-corrected chi connectivity index (χ0v) is 18.2. The normalized spacial score (nSPS) is 31.5. The van der Waals surface area contributed by atoms with E-state index in [1.807, 2.05) is 17.0 Å². The Hall–Kier alpha value is -2.44. The van der Waals surface area contributed by atoms with E-state index in [4.69, 9.17) is 0 Å². The predicted octanol–water partition coefficient (Wildman–Crippen LogP) is 2.70. The van der Waals surface area contributed by atoms with Gasteiger partial charge < -0.3 is 25.5 Å². The van der Waals surface area contributed by atoms with Gasteiger partial charge in [-0.05, 0) is 68.4 Å². The number of phenols is 1. The number of anilines is 1. The first kappa shape index (κ1) is 20.5. The Bertz CT molecular complexity index is 799. The highest BCUT2D eigenvalue weighted by atomic mass is 16.3. The largest absolute Gasteiger partial charge is 0.508 e. The molecule has 1 aliphatic heterocycles. The van der Waals surface area contributed by atoms with Crippen molar-refractivity contribution in [1.82, 2.24) is 15.5 Å². The molecule has 1 aromatic carbocycles. The number of urea groups is 1. The molecule has 0 unspecified atom stereocenters. The van der Waals surface area contributed by atoms with Crippen molar-refractivity contribution < 1.29 is 14.7 Å². The van der Waals surface area contributed by atoms with Crippen molar-refractivity contribution in [3.63, 3.8) is 0 Å². The molecule has 1 saturated heterocycles. The second kappa shape index (κ2) is 8.24. The SMILES string of the molecule is O=C(NCCC(=O)N1CCN(c2cccc(O)c2)CC1)NC12CC3CC(CC(C3)C1)C2. The molecule has 0 radical (unpaired) electrons. The molecule has 4 saturated carbocycles. The number of aromatic hydroxyl groups is 1. The molecule has 168 valence electrons. The van der Waals surface area contributed by atoms with E-state index in [1.165, 1.54) is 19.3 Å². The van der Waals surface area contributed by atoms with Gasteiger partial charge in [-0.1, -0.05) is 6.07 Å². The molecule has 7 nitrogen and oxygen atoms in total. The lowest BCUT2D eigenvalue weighted by Gasteiger charge is -2.56. The first-order valence-corrected chi connectivity index (χ1v) is 11.9. The molecule has 7 heteroatoms. The van der Waals surface area contributed by atoms with Gasteiger partial charge in [0.05, 0.1) is 0 Å². The van der Waals surface area contributed by atoms with Gasteiger partial charge in [0.1, 0.15) is 5.75 Å². The van der Waals surface area contributed by atoms with E-state index in [9.17, 15) is 14.7 Å². The van der Waals surface area contributed by atoms with Crippen LogP contribution in [0, 0.1) is 17.8 Å². The number of piperazine rings is 1. The summed E-state index contributed by atoms with van der Waals surface area (Å²) in [5.74, 6) is 2.74. The number of carbonyl (C=O) groups is 2. The molecule has 1 aromatic rings. The van der Waals surface area contributed by atoms with Crippen LogP contribution in [-0.4, -0.2) is 60.2 Å². The Morgan fingerprint density at radius 1 is 1.00 bits per heavy atom. The maximum atomic E-state index is 12.6. The summed E-state index contributed by atoms with van der Waals surface area (Å²) >= 11 is 0. The van der Waals surface area contributed by atoms with Gasteiger partial charge >= 0.3 is 6.03 Å². The average Bonchev–Trinajstić information content (AvgIpc) is 2.72. The number of rotatable bonds is 5. The molecular formula is C24H34N4O3. The van der Waals surface area contributed by atoms with Gasteiger partial charge in [-0.25, -0.2) is 4.79 Å². The van der Waals surface area contributed by atoms with Crippen molar-refractivity contribution in [2.45, 2.75) is 50.5 Å². The average molecular weight is 427 g/mol. The van der Waals surface area contributed by atoms with Crippen LogP contribution in [0.15, 0.2) is 24.3 Å². The summed E-state index contributed by atoms with van der Waals surface area (Å²) in [6, 6.07) is 7.12. The van der Waals surface area contributed by atoms with Crippen LogP contribution < -0.4 is 15.5 Å². The topological polar surface area (TPSA) is 84.9 Å². The first-order chi connectivity index (χ1) is 15.0. The van der Waals surface area contributed by atoms with E-state index in [0.29, 0.717) is 26.1 Å². The molecule has 6 rings (SSSR count). The fourth-order valence-corrected chi connectivity index (χ4v) is 6.89. The summed E-state index contributed by atoms with van der Waals surface area (Å²) < 4.78 is 0. The van der Waals surface area contributed by atoms with Crippen molar-refractivity contribution in [3.8, 4) is 5.75 Å². The van der Waals surface area contributed by atoms with E-state index < -0.39 is 0 Å². The molecule has 0 spiro atoms. The Morgan fingerprint density at radius 3 is 2.26 bits per heavy atom. The molecule has 0 aromatic heterocycles. The smallest absolute Gasteiger partial charge is 0.315 e. The maximum absolute atomic E-state index is 12.6. The molecule has 4 bridgehead atoms. The summed E-state index contributed by atoms with van der Waals surface area (Å²) in [6.07, 6.45) is 7.81. The fourth-order valence-electron chi connectivity index (χ4n) is 6.89. The molecule has 4 aliphatic carbocycles. The van der Waals surface area contributed by atoms with Gasteiger partial charge in [0.25, 0.3) is 0 Å². The Balaban J connectivity index is 1.04. The fraction of sp³-hybridized carbons (Fsp3) is 0.667. The van der Waals surface area contributed by atoms with Gasteiger partial charge in [0, 0.05) is 56.4 Å². The monoisotopic (exact) mass is 426 g/mol. The van der Waals surface area contributed by atoms with Crippen molar-refractivity contribution in [1.29, 1.82) is 0 Å². The number of hydrogen-bond donors (Lipinski definition) is 3. The second-order valence-electron chi connectivity index (χ2n) is 10.2. The molecule has 3 N–H and O–H groups in total. The minimum Gasteiger partial charge on any atom is -0.508 e. The van der Waals surface area contributed by atoms with E-state index in [2.05, 4.69) is 15.5 Å². The summed E-state index contributed by atoms with van der Waals surface area (Å²) in [5.41, 5.74) is 0.987. The summed E-state index contributed by atoms with van der Waals surface area (Å²) in [5, 5.41) is 15.9. The number of phenolic OH excluding ortho intramolecular Hbond substituents is 1. The molecule has 31 heavy (non-hydrogen) atoms. The van der Waals surface area contributed by atoms with E-state index in [-0.39, 0.29) is 23.2 Å².